The van der Waals surface area contributed by atoms with Crippen molar-refractivity contribution in [1.82, 2.24) is 24.6 Å². The van der Waals surface area contributed by atoms with Crippen LogP contribution in [0.15, 0.2) is 34.1 Å². The van der Waals surface area contributed by atoms with Gasteiger partial charge in [0.2, 0.25) is 5.91 Å². The first-order valence-corrected chi connectivity index (χ1v) is 6.95. The molecule has 2 heterocycles. The van der Waals surface area contributed by atoms with E-state index in [9.17, 15) is 14.4 Å². The van der Waals surface area contributed by atoms with Gasteiger partial charge >= 0.3 is 0 Å². The van der Waals surface area contributed by atoms with E-state index in [-0.39, 0.29) is 24.4 Å². The second kappa shape index (κ2) is 6.42. The van der Waals surface area contributed by atoms with Crippen LogP contribution >= 0.6 is 0 Å². The highest BCUT2D eigenvalue weighted by Crippen LogP contribution is 2.19. The third kappa shape index (κ3) is 3.51. The molecule has 22 heavy (non-hydrogen) atoms. The Morgan fingerprint density at radius 3 is 2.68 bits per heavy atom. The van der Waals surface area contributed by atoms with Crippen LogP contribution in [0.4, 0.5) is 0 Å². The van der Waals surface area contributed by atoms with E-state index in [0.29, 0.717) is 0 Å². The Hall–Kier alpha value is -2.64. The Morgan fingerprint density at radius 1 is 1.36 bits per heavy atom. The van der Waals surface area contributed by atoms with Gasteiger partial charge in [-0.1, -0.05) is 13.8 Å². The maximum Gasteiger partial charge on any atom is 0.265 e. The summed E-state index contributed by atoms with van der Waals surface area (Å²) < 4.78 is 2.81. The van der Waals surface area contributed by atoms with Crippen molar-refractivity contribution in [2.75, 3.05) is 0 Å². The molecule has 0 saturated heterocycles. The van der Waals surface area contributed by atoms with Gasteiger partial charge in [0.25, 0.3) is 11.1 Å². The van der Waals surface area contributed by atoms with E-state index < -0.39 is 11.1 Å². The second-order valence-electron chi connectivity index (χ2n) is 5.42. The molecule has 0 spiro atoms. The molecule has 8 heteroatoms. The predicted molar refractivity (Wildman–Crippen MR) is 80.3 cm³/mol. The van der Waals surface area contributed by atoms with Crippen LogP contribution in [-0.2, 0) is 18.4 Å². The number of nitrogens with zero attached hydrogens (tertiary/aromatic N) is 3. The van der Waals surface area contributed by atoms with Crippen molar-refractivity contribution in [3.8, 4) is 0 Å². The molecule has 2 rings (SSSR count). The molecular weight excluding hydrogens is 286 g/mol. The predicted octanol–water partition coefficient (Wildman–Crippen LogP) is -0.216. The van der Waals surface area contributed by atoms with Gasteiger partial charge in [0, 0.05) is 31.6 Å². The fraction of sp³-hybridized carbons (Fsp3) is 0.429. The van der Waals surface area contributed by atoms with E-state index in [1.807, 2.05) is 25.5 Å². The first-order chi connectivity index (χ1) is 10.4. The number of nitrogens with one attached hydrogen (secondary N) is 2. The molecule has 8 nitrogen and oxygen atoms in total. The fourth-order valence-corrected chi connectivity index (χ4v) is 2.15. The van der Waals surface area contributed by atoms with Crippen molar-refractivity contribution in [2.45, 2.75) is 26.4 Å². The molecule has 1 amide bonds. The first-order valence-electron chi connectivity index (χ1n) is 6.95. The monoisotopic (exact) mass is 305 g/mol. The molecule has 0 fully saturated rings. The molecular formula is C14H19N5O3. The van der Waals surface area contributed by atoms with Gasteiger partial charge < -0.3 is 9.88 Å². The third-order valence-corrected chi connectivity index (χ3v) is 3.31. The summed E-state index contributed by atoms with van der Waals surface area (Å²) >= 11 is 0. The van der Waals surface area contributed by atoms with Crippen molar-refractivity contribution in [3.05, 3.63) is 51.1 Å². The summed E-state index contributed by atoms with van der Waals surface area (Å²) in [4.78, 5) is 39.2. The average molecular weight is 305 g/mol. The van der Waals surface area contributed by atoms with E-state index in [1.54, 1.807) is 12.4 Å². The number of hydrogen-bond acceptors (Lipinski definition) is 4. The van der Waals surface area contributed by atoms with Crippen LogP contribution in [0.5, 0.6) is 0 Å². The van der Waals surface area contributed by atoms with Gasteiger partial charge in [0.05, 0.1) is 6.04 Å². The van der Waals surface area contributed by atoms with E-state index >= 15 is 0 Å². The summed E-state index contributed by atoms with van der Waals surface area (Å²) in [5.41, 5.74) is -0.871. The van der Waals surface area contributed by atoms with Crippen LogP contribution < -0.4 is 16.4 Å². The lowest BCUT2D eigenvalue weighted by molar-refractivity contribution is -0.123. The number of amides is 1. The summed E-state index contributed by atoms with van der Waals surface area (Å²) in [6.45, 7) is 3.69. The van der Waals surface area contributed by atoms with Crippen molar-refractivity contribution >= 4 is 5.91 Å². The Balaban J connectivity index is 2.16. The zero-order valence-corrected chi connectivity index (χ0v) is 12.7. The molecule has 0 unspecified atom stereocenters. The van der Waals surface area contributed by atoms with Gasteiger partial charge in [-0.15, -0.1) is 0 Å². The molecule has 0 aromatic carbocycles. The molecule has 0 aliphatic carbocycles. The fourth-order valence-electron chi connectivity index (χ4n) is 2.15. The largest absolute Gasteiger partial charge is 0.344 e. The first kappa shape index (κ1) is 15.7. The average Bonchev–Trinajstić information content (AvgIpc) is 2.86. The van der Waals surface area contributed by atoms with Crippen molar-refractivity contribution < 1.29 is 4.79 Å². The number of aromatic amines is 1. The highest BCUT2D eigenvalue weighted by molar-refractivity contribution is 5.76. The molecule has 118 valence electrons. The van der Waals surface area contributed by atoms with Crippen LogP contribution in [0.3, 0.4) is 0 Å². The number of carbonyl (C=O) groups excluding carboxylic acids is 1. The summed E-state index contributed by atoms with van der Waals surface area (Å²) in [7, 11) is 1.85. The van der Waals surface area contributed by atoms with Gasteiger partial charge in [-0.2, -0.15) is 0 Å². The van der Waals surface area contributed by atoms with Crippen molar-refractivity contribution in [2.24, 2.45) is 13.0 Å². The normalized spacial score (nSPS) is 12.4. The minimum atomic E-state index is -0.437. The molecule has 2 aromatic heterocycles. The lowest BCUT2D eigenvalue weighted by Gasteiger charge is -2.22. The third-order valence-electron chi connectivity index (χ3n) is 3.31. The van der Waals surface area contributed by atoms with Gasteiger partial charge in [0.15, 0.2) is 0 Å². The number of aromatic nitrogens is 4. The van der Waals surface area contributed by atoms with E-state index in [4.69, 9.17) is 0 Å². The van der Waals surface area contributed by atoms with Gasteiger partial charge in [0.1, 0.15) is 12.4 Å². The van der Waals surface area contributed by atoms with E-state index in [2.05, 4.69) is 15.4 Å². The van der Waals surface area contributed by atoms with Gasteiger partial charge in [-0.05, 0) is 5.92 Å². The molecule has 0 radical (unpaired) electrons. The molecule has 2 N–H and O–H groups in total. The lowest BCUT2D eigenvalue weighted by atomic mass is 10.0. The number of carbonyl (C=O) groups is 1. The number of hydrogen-bond donors (Lipinski definition) is 2. The lowest BCUT2D eigenvalue weighted by Crippen LogP contribution is -2.39. The highest BCUT2D eigenvalue weighted by Gasteiger charge is 2.22. The Labute approximate surface area is 126 Å². The van der Waals surface area contributed by atoms with Crippen LogP contribution in [-0.4, -0.2) is 25.2 Å². The zero-order chi connectivity index (χ0) is 16.3. The van der Waals surface area contributed by atoms with Gasteiger partial charge in [-0.3, -0.25) is 19.5 Å². The topological polar surface area (TPSA) is 102 Å². The van der Waals surface area contributed by atoms with Crippen LogP contribution in [0, 0.1) is 5.92 Å². The Kier molecular flexibility index (Phi) is 4.59. The number of H-pyrrole nitrogens is 1. The van der Waals surface area contributed by atoms with E-state index in [0.717, 1.165) is 22.6 Å². The maximum atomic E-state index is 12.2. The number of aryl methyl sites for hydroxylation is 1. The van der Waals surface area contributed by atoms with Crippen molar-refractivity contribution in [1.29, 1.82) is 0 Å². The smallest absolute Gasteiger partial charge is 0.265 e. The quantitative estimate of drug-likeness (QED) is 0.797. The number of imidazole rings is 1. The summed E-state index contributed by atoms with van der Waals surface area (Å²) in [6, 6.07) is 1.98. The maximum absolute atomic E-state index is 12.2. The minimum absolute atomic E-state index is 0.122. The molecule has 0 bridgehead atoms. The van der Waals surface area contributed by atoms with E-state index in [1.165, 1.54) is 0 Å². The molecule has 2 aromatic rings. The molecule has 0 aliphatic rings. The Bertz CT molecular complexity index is 771. The SMILES string of the molecule is CC(C)[C@H](NC(=O)Cn1[nH]c(=O)ccc1=O)c1nccn1C. The summed E-state index contributed by atoms with van der Waals surface area (Å²) in [6.07, 6.45) is 3.46. The molecule has 0 aliphatic heterocycles. The highest BCUT2D eigenvalue weighted by atomic mass is 16.2. The molecule has 0 saturated carbocycles. The zero-order valence-electron chi connectivity index (χ0n) is 12.7. The summed E-state index contributed by atoms with van der Waals surface area (Å²) in [5.74, 6) is 0.486. The van der Waals surface area contributed by atoms with Gasteiger partial charge in [-0.25, -0.2) is 9.67 Å². The minimum Gasteiger partial charge on any atom is -0.344 e. The van der Waals surface area contributed by atoms with Crippen LogP contribution in [0.1, 0.15) is 25.7 Å². The van der Waals surface area contributed by atoms with Crippen LogP contribution in [0.25, 0.3) is 0 Å². The molecule has 1 atom stereocenters. The summed E-state index contributed by atoms with van der Waals surface area (Å²) in [5, 5.41) is 5.17. The van der Waals surface area contributed by atoms with Crippen molar-refractivity contribution in [3.63, 3.8) is 0 Å². The second-order valence-corrected chi connectivity index (χ2v) is 5.42. The number of rotatable bonds is 5. The Morgan fingerprint density at radius 2 is 2.09 bits per heavy atom. The standard InChI is InChI=1S/C14H19N5O3/c1-9(2)13(14-15-6-7-18(14)3)16-11(21)8-19-12(22)5-4-10(20)17-19/h4-7,9,13H,8H2,1-3H3,(H,16,21)(H,17,20)/t13-/m0/s1. The van der Waals surface area contributed by atoms with Crippen LogP contribution in [0.2, 0.25) is 0 Å².